The lowest BCUT2D eigenvalue weighted by atomic mass is 10.0. The first-order valence-electron chi connectivity index (χ1n) is 18.7. The van der Waals surface area contributed by atoms with Gasteiger partial charge in [-0.25, -0.2) is 24.9 Å². The molecule has 8 heteroatoms. The number of nitrogens with zero attached hydrogens (tertiary/aromatic N) is 5. The predicted molar refractivity (Wildman–Crippen MR) is 224 cm³/mol. The van der Waals surface area contributed by atoms with Gasteiger partial charge in [0.2, 0.25) is 0 Å². The van der Waals surface area contributed by atoms with Gasteiger partial charge in [0.25, 0.3) is 0 Å². The van der Waals surface area contributed by atoms with Crippen LogP contribution < -0.4 is 0 Å². The van der Waals surface area contributed by atoms with Crippen LogP contribution in [-0.4, -0.2) is 24.9 Å². The summed E-state index contributed by atoms with van der Waals surface area (Å²) in [5.41, 5.74) is 10.1. The molecule has 0 atom stereocenters. The van der Waals surface area contributed by atoms with Crippen molar-refractivity contribution in [2.24, 2.45) is 0 Å². The van der Waals surface area contributed by atoms with E-state index in [1.54, 1.807) is 0 Å². The van der Waals surface area contributed by atoms with Gasteiger partial charge < -0.3 is 13.3 Å². The molecular weight excluding hydrogens is 707 g/mol. The van der Waals surface area contributed by atoms with E-state index in [1.165, 1.54) is 0 Å². The number of para-hydroxylation sites is 3. The molecule has 57 heavy (non-hydrogen) atoms. The number of rotatable bonds is 5. The lowest BCUT2D eigenvalue weighted by Gasteiger charge is -2.09. The molecule has 0 spiro atoms. The van der Waals surface area contributed by atoms with Crippen LogP contribution in [0, 0.1) is 0 Å². The molecule has 0 amide bonds. The summed E-state index contributed by atoms with van der Waals surface area (Å²) in [4.78, 5) is 25.6. The Morgan fingerprint density at radius 1 is 0.316 bits per heavy atom. The van der Waals surface area contributed by atoms with Crippen LogP contribution in [0.2, 0.25) is 0 Å². The summed E-state index contributed by atoms with van der Waals surface area (Å²) < 4.78 is 19.3. The minimum absolute atomic E-state index is 0.531. The van der Waals surface area contributed by atoms with Gasteiger partial charge in [0.1, 0.15) is 39.1 Å². The fourth-order valence-electron chi connectivity index (χ4n) is 7.92. The molecule has 0 aliphatic rings. The van der Waals surface area contributed by atoms with Gasteiger partial charge >= 0.3 is 0 Å². The van der Waals surface area contributed by atoms with Crippen molar-refractivity contribution < 1.29 is 13.3 Å². The molecule has 0 saturated carbocycles. The summed E-state index contributed by atoms with van der Waals surface area (Å²) in [5, 5.41) is 4.75. The largest absolute Gasteiger partial charge is 0.456 e. The maximum absolute atomic E-state index is 6.75. The van der Waals surface area contributed by atoms with Crippen LogP contribution >= 0.6 is 0 Å². The van der Waals surface area contributed by atoms with E-state index in [0.29, 0.717) is 45.7 Å². The molecule has 0 radical (unpaired) electrons. The number of benzene rings is 7. The van der Waals surface area contributed by atoms with E-state index in [0.717, 1.165) is 77.0 Å². The Morgan fingerprint density at radius 3 is 1.72 bits per heavy atom. The third kappa shape index (κ3) is 4.97. The van der Waals surface area contributed by atoms with Gasteiger partial charge in [-0.15, -0.1) is 0 Å². The molecule has 0 saturated heterocycles. The quantitative estimate of drug-likeness (QED) is 0.172. The molecule has 7 aromatic carbocycles. The fourth-order valence-corrected chi connectivity index (χ4v) is 7.92. The number of hydrogen-bond donors (Lipinski definition) is 0. The number of hydrogen-bond acceptors (Lipinski definition) is 8. The van der Waals surface area contributed by atoms with Gasteiger partial charge in [-0.05, 0) is 48.5 Å². The average molecular weight is 734 g/mol. The first-order valence-corrected chi connectivity index (χ1v) is 18.7. The third-order valence-corrected chi connectivity index (χ3v) is 10.6. The average Bonchev–Trinajstić information content (AvgIpc) is 3.98. The van der Waals surface area contributed by atoms with E-state index in [-0.39, 0.29) is 0 Å². The van der Waals surface area contributed by atoms with Crippen molar-refractivity contribution in [3.8, 4) is 56.8 Å². The summed E-state index contributed by atoms with van der Waals surface area (Å²) in [6.45, 7) is 0. The van der Waals surface area contributed by atoms with Crippen molar-refractivity contribution in [3.05, 3.63) is 164 Å². The van der Waals surface area contributed by atoms with E-state index in [1.807, 2.05) is 146 Å². The van der Waals surface area contributed by atoms with Crippen LogP contribution in [0.4, 0.5) is 0 Å². The second kappa shape index (κ2) is 12.3. The molecule has 0 aliphatic carbocycles. The molecule has 12 aromatic rings. The Morgan fingerprint density at radius 2 is 0.895 bits per heavy atom. The van der Waals surface area contributed by atoms with E-state index >= 15 is 0 Å². The van der Waals surface area contributed by atoms with Gasteiger partial charge in [-0.3, -0.25) is 0 Å². The molecular formula is C49H27N5O3. The Kier molecular flexibility index (Phi) is 6.76. The zero-order valence-corrected chi connectivity index (χ0v) is 30.0. The van der Waals surface area contributed by atoms with E-state index in [4.69, 9.17) is 38.2 Å². The van der Waals surface area contributed by atoms with Gasteiger partial charge in [0, 0.05) is 49.2 Å². The van der Waals surface area contributed by atoms with Gasteiger partial charge in [0.15, 0.2) is 28.9 Å². The fraction of sp³-hybridized carbons (Fsp3) is 0. The monoisotopic (exact) mass is 733 g/mol. The van der Waals surface area contributed by atoms with Crippen molar-refractivity contribution in [3.63, 3.8) is 0 Å². The number of fused-ring (bicyclic) bond motifs is 9. The SMILES string of the molecule is c1ccc(-c2nc(-c3ccc4oc5ccccc5c4c3)nc(-c3cccc4oc5c(-c6nc(-c7ccccc7)c7oc8ccccc8c7n6)cccc5c34)n2)cc1. The molecule has 266 valence electrons. The molecule has 0 fully saturated rings. The highest BCUT2D eigenvalue weighted by Gasteiger charge is 2.23. The molecule has 0 N–H and O–H groups in total. The Bertz CT molecular complexity index is 3530. The van der Waals surface area contributed by atoms with Gasteiger partial charge in [-0.2, -0.15) is 0 Å². The molecule has 5 heterocycles. The van der Waals surface area contributed by atoms with E-state index in [9.17, 15) is 0 Å². The number of furan rings is 3. The van der Waals surface area contributed by atoms with Gasteiger partial charge in [0.05, 0.1) is 5.56 Å². The van der Waals surface area contributed by atoms with Crippen LogP contribution in [0.15, 0.2) is 177 Å². The Hall–Kier alpha value is -7.97. The van der Waals surface area contributed by atoms with Crippen LogP contribution in [0.5, 0.6) is 0 Å². The third-order valence-electron chi connectivity index (χ3n) is 10.6. The summed E-state index contributed by atoms with van der Waals surface area (Å²) in [7, 11) is 0. The molecule has 0 unspecified atom stereocenters. The van der Waals surface area contributed by atoms with Crippen molar-refractivity contribution >= 4 is 65.9 Å². The normalized spacial score (nSPS) is 11.9. The Balaban J connectivity index is 1.08. The van der Waals surface area contributed by atoms with Gasteiger partial charge in [-0.1, -0.05) is 115 Å². The lowest BCUT2D eigenvalue weighted by molar-refractivity contribution is 0.666. The standard InChI is InChI=1S/C49H27N5O3/c1-3-13-28(14-4-1)42-45-43(32-18-8-10-23-38(32)56-45)51-49(50-42)35-21-11-19-33-41-34(20-12-24-40(41)57-44(33)35)48-53-46(29-15-5-2-6-16-29)52-47(54-48)30-25-26-39-36(27-30)31-17-7-9-22-37(31)55-39/h1-27H. The van der Waals surface area contributed by atoms with E-state index in [2.05, 4.69) is 18.2 Å². The van der Waals surface area contributed by atoms with Crippen LogP contribution in [0.3, 0.4) is 0 Å². The minimum Gasteiger partial charge on any atom is -0.456 e. The topological polar surface area (TPSA) is 104 Å². The van der Waals surface area contributed by atoms with Crippen LogP contribution in [0.1, 0.15) is 0 Å². The highest BCUT2D eigenvalue weighted by Crippen LogP contribution is 2.42. The predicted octanol–water partition coefficient (Wildman–Crippen LogP) is 12.7. The van der Waals surface area contributed by atoms with Crippen LogP contribution in [0.25, 0.3) is 123 Å². The van der Waals surface area contributed by atoms with E-state index < -0.39 is 0 Å². The van der Waals surface area contributed by atoms with Crippen molar-refractivity contribution in [2.45, 2.75) is 0 Å². The summed E-state index contributed by atoms with van der Waals surface area (Å²) in [6.07, 6.45) is 0. The molecule has 0 aliphatic heterocycles. The maximum atomic E-state index is 6.75. The van der Waals surface area contributed by atoms with Crippen LogP contribution in [-0.2, 0) is 0 Å². The first-order chi connectivity index (χ1) is 28.2. The zero-order valence-electron chi connectivity index (χ0n) is 30.0. The summed E-state index contributed by atoms with van der Waals surface area (Å²) in [6, 6.07) is 54.2. The minimum atomic E-state index is 0.531. The highest BCUT2D eigenvalue weighted by atomic mass is 16.3. The molecule has 0 bridgehead atoms. The van der Waals surface area contributed by atoms with Crippen molar-refractivity contribution in [1.29, 1.82) is 0 Å². The second-order valence-corrected chi connectivity index (χ2v) is 14.0. The molecule has 8 nitrogen and oxygen atoms in total. The summed E-state index contributed by atoms with van der Waals surface area (Å²) >= 11 is 0. The number of aromatic nitrogens is 5. The van der Waals surface area contributed by atoms with Crippen molar-refractivity contribution in [1.82, 2.24) is 24.9 Å². The Labute approximate surface area is 323 Å². The maximum Gasteiger partial charge on any atom is 0.180 e. The molecule has 5 aromatic heterocycles. The zero-order chi connectivity index (χ0) is 37.5. The molecule has 12 rings (SSSR count). The summed E-state index contributed by atoms with van der Waals surface area (Å²) in [5.74, 6) is 2.19. The smallest absolute Gasteiger partial charge is 0.180 e. The highest BCUT2D eigenvalue weighted by molar-refractivity contribution is 6.15. The lowest BCUT2D eigenvalue weighted by Crippen LogP contribution is -2.00. The first kappa shape index (κ1) is 31.4. The van der Waals surface area contributed by atoms with Crippen molar-refractivity contribution in [2.75, 3.05) is 0 Å². The second-order valence-electron chi connectivity index (χ2n) is 14.0.